The minimum atomic E-state index is -3.61. The fourth-order valence-electron chi connectivity index (χ4n) is 2.51. The van der Waals surface area contributed by atoms with Gasteiger partial charge in [0, 0.05) is 31.7 Å². The summed E-state index contributed by atoms with van der Waals surface area (Å²) in [4.78, 5) is 1.70. The standard InChI is InChI=1S/C17H21NO5S2/c1-18(12-13-7-5-6-8-16(13)23-2)15-10-9-14(24(3,19)20)11-17(15)25(4,21)22/h5-11H,12H2,1-4H3. The first kappa shape index (κ1) is 19.3. The lowest BCUT2D eigenvalue weighted by Crippen LogP contribution is -2.20. The molecule has 0 aliphatic carbocycles. The van der Waals surface area contributed by atoms with Crippen molar-refractivity contribution in [3.8, 4) is 5.75 Å². The molecule has 0 fully saturated rings. The summed E-state index contributed by atoms with van der Waals surface area (Å²) in [6, 6.07) is 11.6. The molecule has 2 aromatic carbocycles. The number of anilines is 1. The van der Waals surface area contributed by atoms with Gasteiger partial charge in [0.05, 0.1) is 22.6 Å². The van der Waals surface area contributed by atoms with Crippen LogP contribution in [0, 0.1) is 0 Å². The molecule has 2 rings (SSSR count). The molecule has 136 valence electrons. The van der Waals surface area contributed by atoms with E-state index < -0.39 is 19.7 Å². The van der Waals surface area contributed by atoms with Crippen LogP contribution in [0.1, 0.15) is 5.56 Å². The van der Waals surface area contributed by atoms with Gasteiger partial charge in [0.15, 0.2) is 19.7 Å². The Morgan fingerprint density at radius 2 is 1.60 bits per heavy atom. The van der Waals surface area contributed by atoms with Crippen LogP contribution in [0.4, 0.5) is 5.69 Å². The fraction of sp³-hybridized carbons (Fsp3) is 0.294. The third-order valence-electron chi connectivity index (χ3n) is 3.77. The number of benzene rings is 2. The monoisotopic (exact) mass is 383 g/mol. The third-order valence-corrected chi connectivity index (χ3v) is 6.01. The first-order valence-corrected chi connectivity index (χ1v) is 11.2. The zero-order chi connectivity index (χ0) is 18.8. The van der Waals surface area contributed by atoms with Gasteiger partial charge in [0.1, 0.15) is 5.75 Å². The second-order valence-corrected chi connectivity index (χ2v) is 9.84. The van der Waals surface area contributed by atoms with Crippen LogP contribution in [0.25, 0.3) is 0 Å². The number of hydrogen-bond acceptors (Lipinski definition) is 6. The molecule has 25 heavy (non-hydrogen) atoms. The van der Waals surface area contributed by atoms with Crippen LogP contribution in [0.3, 0.4) is 0 Å². The summed E-state index contributed by atoms with van der Waals surface area (Å²) < 4.78 is 53.1. The molecule has 8 heteroatoms. The van der Waals surface area contributed by atoms with E-state index in [1.54, 1.807) is 19.1 Å². The molecule has 0 spiro atoms. The Balaban J connectivity index is 2.51. The normalized spacial score (nSPS) is 12.0. The van der Waals surface area contributed by atoms with Gasteiger partial charge in [-0.15, -0.1) is 0 Å². The maximum absolute atomic E-state index is 12.2. The Bertz CT molecular complexity index is 982. The number of methoxy groups -OCH3 is 1. The molecular weight excluding hydrogens is 362 g/mol. The first-order valence-electron chi connectivity index (χ1n) is 7.41. The van der Waals surface area contributed by atoms with Gasteiger partial charge in [-0.05, 0) is 24.3 Å². The molecule has 0 N–H and O–H groups in total. The zero-order valence-corrected chi connectivity index (χ0v) is 16.2. The fourth-order valence-corrected chi connectivity index (χ4v) is 4.18. The van der Waals surface area contributed by atoms with Crippen molar-refractivity contribution in [3.05, 3.63) is 48.0 Å². The highest BCUT2D eigenvalue weighted by Gasteiger charge is 2.20. The number of nitrogens with zero attached hydrogens (tertiary/aromatic N) is 1. The SMILES string of the molecule is COc1ccccc1CN(C)c1ccc(S(C)(=O)=O)cc1S(C)(=O)=O. The molecule has 2 aromatic rings. The number of ether oxygens (including phenoxy) is 1. The van der Waals surface area contributed by atoms with Gasteiger partial charge in [-0.25, -0.2) is 16.8 Å². The van der Waals surface area contributed by atoms with E-state index in [1.165, 1.54) is 18.2 Å². The van der Waals surface area contributed by atoms with Crippen LogP contribution in [-0.4, -0.2) is 43.5 Å². The van der Waals surface area contributed by atoms with Gasteiger partial charge < -0.3 is 9.64 Å². The van der Waals surface area contributed by atoms with E-state index in [4.69, 9.17) is 4.74 Å². The number of para-hydroxylation sites is 1. The van der Waals surface area contributed by atoms with E-state index in [0.29, 0.717) is 18.0 Å². The molecule has 0 unspecified atom stereocenters. The first-order chi connectivity index (χ1) is 11.5. The van der Waals surface area contributed by atoms with Crippen molar-refractivity contribution in [2.24, 2.45) is 0 Å². The molecule has 0 heterocycles. The third kappa shape index (κ3) is 4.52. The minimum absolute atomic E-state index is 0.0205. The molecule has 0 aliphatic rings. The van der Waals surface area contributed by atoms with E-state index in [1.807, 2.05) is 24.3 Å². The Morgan fingerprint density at radius 1 is 0.960 bits per heavy atom. The molecule has 0 atom stereocenters. The van der Waals surface area contributed by atoms with Gasteiger partial charge in [-0.3, -0.25) is 0 Å². The molecule has 0 amide bonds. The summed E-state index contributed by atoms with van der Waals surface area (Å²) in [5.74, 6) is 0.697. The highest BCUT2D eigenvalue weighted by Crippen LogP contribution is 2.30. The predicted molar refractivity (Wildman–Crippen MR) is 97.8 cm³/mol. The van der Waals surface area contributed by atoms with Gasteiger partial charge in [0.2, 0.25) is 0 Å². The number of hydrogen-bond donors (Lipinski definition) is 0. The van der Waals surface area contributed by atoms with E-state index in [9.17, 15) is 16.8 Å². The topological polar surface area (TPSA) is 80.8 Å². The van der Waals surface area contributed by atoms with Crippen LogP contribution in [0.2, 0.25) is 0 Å². The highest BCUT2D eigenvalue weighted by molar-refractivity contribution is 7.91. The van der Waals surface area contributed by atoms with E-state index in [-0.39, 0.29) is 9.79 Å². The van der Waals surface area contributed by atoms with Crippen molar-refractivity contribution >= 4 is 25.4 Å². The zero-order valence-electron chi connectivity index (χ0n) is 14.6. The smallest absolute Gasteiger partial charge is 0.177 e. The van der Waals surface area contributed by atoms with Gasteiger partial charge in [-0.2, -0.15) is 0 Å². The van der Waals surface area contributed by atoms with E-state index >= 15 is 0 Å². The Morgan fingerprint density at radius 3 is 2.16 bits per heavy atom. The quantitative estimate of drug-likeness (QED) is 0.760. The average Bonchev–Trinajstić information content (AvgIpc) is 2.53. The molecule has 0 aromatic heterocycles. The van der Waals surface area contributed by atoms with Gasteiger partial charge >= 0.3 is 0 Å². The van der Waals surface area contributed by atoms with Crippen LogP contribution in [0.15, 0.2) is 52.3 Å². The maximum atomic E-state index is 12.2. The van der Waals surface area contributed by atoms with Gasteiger partial charge in [-0.1, -0.05) is 18.2 Å². The largest absolute Gasteiger partial charge is 0.496 e. The highest BCUT2D eigenvalue weighted by atomic mass is 32.2. The van der Waals surface area contributed by atoms with Crippen LogP contribution < -0.4 is 9.64 Å². The summed E-state index contributed by atoms with van der Waals surface area (Å²) >= 11 is 0. The maximum Gasteiger partial charge on any atom is 0.177 e. The van der Waals surface area contributed by atoms with E-state index in [0.717, 1.165) is 18.1 Å². The number of rotatable bonds is 6. The average molecular weight is 383 g/mol. The van der Waals surface area contributed by atoms with E-state index in [2.05, 4.69) is 0 Å². The lowest BCUT2D eigenvalue weighted by atomic mass is 10.2. The second-order valence-electron chi connectivity index (χ2n) is 5.84. The molecule has 6 nitrogen and oxygen atoms in total. The van der Waals surface area contributed by atoms with Crippen molar-refractivity contribution in [2.75, 3.05) is 31.6 Å². The molecular formula is C17H21NO5S2. The molecule has 0 bridgehead atoms. The number of sulfone groups is 2. The minimum Gasteiger partial charge on any atom is -0.496 e. The van der Waals surface area contributed by atoms with Crippen molar-refractivity contribution in [1.29, 1.82) is 0 Å². The molecule has 0 aliphatic heterocycles. The summed E-state index contributed by atoms with van der Waals surface area (Å²) in [6.07, 6.45) is 2.11. The molecule has 0 saturated heterocycles. The van der Waals surface area contributed by atoms with Crippen LogP contribution in [0.5, 0.6) is 5.75 Å². The second kappa shape index (κ2) is 7.05. The predicted octanol–water partition coefficient (Wildman–Crippen LogP) is 2.14. The summed E-state index contributed by atoms with van der Waals surface area (Å²) in [7, 11) is -3.79. The Kier molecular flexibility index (Phi) is 5.43. The Labute approximate surface area is 148 Å². The lowest BCUT2D eigenvalue weighted by molar-refractivity contribution is 0.409. The summed E-state index contributed by atoms with van der Waals surface area (Å²) in [5, 5.41) is 0. The van der Waals surface area contributed by atoms with Crippen molar-refractivity contribution in [1.82, 2.24) is 0 Å². The molecule has 0 saturated carbocycles. The van der Waals surface area contributed by atoms with Crippen molar-refractivity contribution in [3.63, 3.8) is 0 Å². The van der Waals surface area contributed by atoms with Gasteiger partial charge in [0.25, 0.3) is 0 Å². The lowest BCUT2D eigenvalue weighted by Gasteiger charge is -2.23. The van der Waals surface area contributed by atoms with Crippen LogP contribution in [-0.2, 0) is 26.2 Å². The molecule has 0 radical (unpaired) electrons. The Hall–Kier alpha value is -2.06. The summed E-state index contributed by atoms with van der Waals surface area (Å²) in [6.45, 7) is 0.407. The van der Waals surface area contributed by atoms with Crippen LogP contribution >= 0.6 is 0 Å². The van der Waals surface area contributed by atoms with Crippen molar-refractivity contribution in [2.45, 2.75) is 16.3 Å². The van der Waals surface area contributed by atoms with Crippen molar-refractivity contribution < 1.29 is 21.6 Å². The summed E-state index contributed by atoms with van der Waals surface area (Å²) in [5.41, 5.74) is 1.32.